The summed E-state index contributed by atoms with van der Waals surface area (Å²) in [7, 11) is 0. The Morgan fingerprint density at radius 3 is 1.39 bits per heavy atom. The summed E-state index contributed by atoms with van der Waals surface area (Å²) in [5.41, 5.74) is 4.78. The summed E-state index contributed by atoms with van der Waals surface area (Å²) in [5.74, 6) is -1.49. The molecule has 3 rings (SSSR count). The van der Waals surface area contributed by atoms with E-state index in [9.17, 15) is 14.4 Å². The minimum absolute atomic E-state index is 0.0412. The fourth-order valence-electron chi connectivity index (χ4n) is 5.20. The van der Waals surface area contributed by atoms with Crippen LogP contribution < -0.4 is 10.6 Å². The quantitative estimate of drug-likeness (QED) is 0.0881. The van der Waals surface area contributed by atoms with Gasteiger partial charge in [0.25, 0.3) is 0 Å². The van der Waals surface area contributed by atoms with Crippen LogP contribution in [0.4, 0.5) is 4.79 Å². The highest BCUT2D eigenvalue weighted by atomic mass is 16.6. The highest BCUT2D eigenvalue weighted by Crippen LogP contribution is 2.44. The van der Waals surface area contributed by atoms with Crippen LogP contribution in [0, 0.1) is 0 Å². The standard InChI is InChI=1S/C38H56N2O14/c41-36(29-53-30-37(42)43)39-11-13-46-15-17-48-19-21-50-23-25-52-27-26-51-24-22-49-20-18-47-16-14-45-12-5-10-40-38(44)54-28-35-33-8-3-1-6-31(33)32-7-2-4-9-34(32)35/h1-4,6-9,35H,5,10-30H2,(H,39,41)(H,40,44)(H,42,43). The van der Waals surface area contributed by atoms with Gasteiger partial charge < -0.3 is 63.1 Å². The van der Waals surface area contributed by atoms with E-state index in [0.717, 1.165) is 0 Å². The van der Waals surface area contributed by atoms with E-state index in [0.29, 0.717) is 132 Å². The molecule has 0 heterocycles. The molecule has 16 heteroatoms. The second kappa shape index (κ2) is 29.6. The van der Waals surface area contributed by atoms with Crippen LogP contribution in [-0.4, -0.2) is 162 Å². The number of carbonyl (C=O) groups excluding carboxylic acids is 2. The van der Waals surface area contributed by atoms with Crippen molar-refractivity contribution in [1.29, 1.82) is 0 Å². The normalized spacial score (nSPS) is 12.0. The molecule has 1 aliphatic rings. The monoisotopic (exact) mass is 764 g/mol. The van der Waals surface area contributed by atoms with E-state index < -0.39 is 24.6 Å². The first kappa shape index (κ1) is 44.7. The first-order valence-corrected chi connectivity index (χ1v) is 18.3. The van der Waals surface area contributed by atoms with Gasteiger partial charge in [0.15, 0.2) is 0 Å². The number of aliphatic carboxylic acids is 1. The second-order valence-corrected chi connectivity index (χ2v) is 11.7. The molecule has 1 aliphatic carbocycles. The Bertz CT molecular complexity index is 1270. The number of amides is 2. The topological polar surface area (TPSA) is 188 Å². The summed E-state index contributed by atoms with van der Waals surface area (Å²) in [5, 5.41) is 13.8. The van der Waals surface area contributed by atoms with Crippen LogP contribution >= 0.6 is 0 Å². The predicted molar refractivity (Wildman–Crippen MR) is 196 cm³/mol. The average molecular weight is 765 g/mol. The van der Waals surface area contributed by atoms with Crippen LogP contribution in [0.5, 0.6) is 0 Å². The molecule has 0 unspecified atom stereocenters. The zero-order valence-electron chi connectivity index (χ0n) is 31.0. The Kier molecular flexibility index (Phi) is 24.5. The molecule has 2 aromatic rings. The van der Waals surface area contributed by atoms with Gasteiger partial charge in [0.2, 0.25) is 5.91 Å². The van der Waals surface area contributed by atoms with Crippen molar-refractivity contribution in [2.24, 2.45) is 0 Å². The summed E-state index contributed by atoms with van der Waals surface area (Å²) in [6.07, 6.45) is 0.248. The Labute approximate surface area is 316 Å². The Morgan fingerprint density at radius 1 is 0.500 bits per heavy atom. The molecule has 16 nitrogen and oxygen atoms in total. The van der Waals surface area contributed by atoms with Crippen molar-refractivity contribution >= 4 is 18.0 Å². The lowest BCUT2D eigenvalue weighted by Gasteiger charge is -2.14. The molecule has 0 fully saturated rings. The molecule has 3 N–H and O–H groups in total. The van der Waals surface area contributed by atoms with E-state index >= 15 is 0 Å². The average Bonchev–Trinajstić information content (AvgIpc) is 3.49. The molecule has 0 aromatic heterocycles. The van der Waals surface area contributed by atoms with Crippen LogP contribution in [0.2, 0.25) is 0 Å². The number of alkyl carbamates (subject to hydrolysis) is 1. The maximum Gasteiger partial charge on any atom is 0.407 e. The first-order valence-electron chi connectivity index (χ1n) is 18.3. The zero-order valence-corrected chi connectivity index (χ0v) is 31.0. The smallest absolute Gasteiger partial charge is 0.407 e. The van der Waals surface area contributed by atoms with E-state index in [1.54, 1.807) is 0 Å². The highest BCUT2D eigenvalue weighted by molar-refractivity contribution is 5.79. The molecule has 0 atom stereocenters. The molecule has 0 spiro atoms. The lowest BCUT2D eigenvalue weighted by Crippen LogP contribution is -2.31. The summed E-state index contributed by atoms with van der Waals surface area (Å²) < 4.78 is 53.9. The van der Waals surface area contributed by atoms with Gasteiger partial charge in [-0.25, -0.2) is 9.59 Å². The molecular weight excluding hydrogens is 708 g/mol. The lowest BCUT2D eigenvalue weighted by molar-refractivity contribution is -0.143. The van der Waals surface area contributed by atoms with Gasteiger partial charge in [0.05, 0.1) is 99.1 Å². The maximum atomic E-state index is 12.3. The number of fused-ring (bicyclic) bond motifs is 3. The van der Waals surface area contributed by atoms with Crippen LogP contribution in [0.15, 0.2) is 48.5 Å². The summed E-state index contributed by atoms with van der Waals surface area (Å²) in [4.78, 5) is 33.9. The molecule has 0 radical (unpaired) electrons. The number of benzene rings is 2. The van der Waals surface area contributed by atoms with Gasteiger partial charge in [-0.15, -0.1) is 0 Å². The molecule has 2 aromatic carbocycles. The van der Waals surface area contributed by atoms with E-state index in [4.69, 9.17) is 47.7 Å². The Morgan fingerprint density at radius 2 is 0.926 bits per heavy atom. The van der Waals surface area contributed by atoms with Crippen molar-refractivity contribution in [3.8, 4) is 11.1 Å². The largest absolute Gasteiger partial charge is 0.480 e. The van der Waals surface area contributed by atoms with Crippen molar-refractivity contribution < 1.29 is 66.9 Å². The molecule has 0 saturated heterocycles. The van der Waals surface area contributed by atoms with Crippen molar-refractivity contribution in [3.05, 3.63) is 59.7 Å². The minimum Gasteiger partial charge on any atom is -0.480 e. The minimum atomic E-state index is -1.13. The van der Waals surface area contributed by atoms with Gasteiger partial charge in [0, 0.05) is 25.6 Å². The number of hydrogen-bond acceptors (Lipinski definition) is 13. The Hall–Kier alpha value is -3.71. The van der Waals surface area contributed by atoms with E-state index in [1.165, 1.54) is 22.3 Å². The van der Waals surface area contributed by atoms with Gasteiger partial charge in [-0.1, -0.05) is 48.5 Å². The lowest BCUT2D eigenvalue weighted by atomic mass is 9.98. The number of carboxylic acid groups (broad SMARTS) is 1. The van der Waals surface area contributed by atoms with Crippen molar-refractivity contribution in [3.63, 3.8) is 0 Å². The van der Waals surface area contributed by atoms with Gasteiger partial charge in [-0.05, 0) is 28.7 Å². The van der Waals surface area contributed by atoms with Crippen molar-refractivity contribution in [2.45, 2.75) is 12.3 Å². The second-order valence-electron chi connectivity index (χ2n) is 11.7. The molecule has 0 bridgehead atoms. The van der Waals surface area contributed by atoms with Gasteiger partial charge in [0.1, 0.15) is 19.8 Å². The fraction of sp³-hybridized carbons (Fsp3) is 0.605. The van der Waals surface area contributed by atoms with Crippen molar-refractivity contribution in [2.75, 3.05) is 139 Å². The van der Waals surface area contributed by atoms with Crippen LogP contribution in [0.25, 0.3) is 11.1 Å². The Balaban J connectivity index is 0.959. The predicted octanol–water partition coefficient (Wildman–Crippen LogP) is 2.27. The van der Waals surface area contributed by atoms with E-state index in [1.807, 2.05) is 24.3 Å². The number of hydrogen-bond donors (Lipinski definition) is 3. The third-order valence-corrected chi connectivity index (χ3v) is 7.71. The number of rotatable bonds is 34. The van der Waals surface area contributed by atoms with Crippen LogP contribution in [0.1, 0.15) is 23.5 Å². The third-order valence-electron chi connectivity index (χ3n) is 7.71. The summed E-state index contributed by atoms with van der Waals surface area (Å²) in [6, 6.07) is 16.5. The summed E-state index contributed by atoms with van der Waals surface area (Å²) in [6.45, 7) is 7.30. The zero-order chi connectivity index (χ0) is 38.3. The molecule has 0 aliphatic heterocycles. The highest BCUT2D eigenvalue weighted by Gasteiger charge is 2.28. The number of nitrogens with one attached hydrogen (secondary N) is 2. The SMILES string of the molecule is O=C(O)COCC(=O)NCCOCCOCCOCCOCCOCCOCCOCCOCCCNC(=O)OCC1c2ccccc2-c2ccccc21. The molecule has 2 amide bonds. The number of carboxylic acids is 1. The van der Waals surface area contributed by atoms with Crippen molar-refractivity contribution in [1.82, 2.24) is 10.6 Å². The van der Waals surface area contributed by atoms with Crippen LogP contribution in [-0.2, 0) is 57.0 Å². The summed E-state index contributed by atoms with van der Waals surface area (Å²) >= 11 is 0. The molecule has 54 heavy (non-hydrogen) atoms. The van der Waals surface area contributed by atoms with Gasteiger partial charge in [-0.3, -0.25) is 4.79 Å². The number of carbonyl (C=O) groups is 3. The maximum absolute atomic E-state index is 12.3. The molecule has 0 saturated carbocycles. The van der Waals surface area contributed by atoms with Crippen LogP contribution in [0.3, 0.4) is 0 Å². The third kappa shape index (κ3) is 20.1. The van der Waals surface area contributed by atoms with E-state index in [-0.39, 0.29) is 12.5 Å². The first-order chi connectivity index (χ1) is 26.6. The van der Waals surface area contributed by atoms with Gasteiger partial charge in [-0.2, -0.15) is 0 Å². The van der Waals surface area contributed by atoms with E-state index in [2.05, 4.69) is 39.6 Å². The molecular formula is C38H56N2O14. The number of ether oxygens (including phenoxy) is 10. The fourth-order valence-corrected chi connectivity index (χ4v) is 5.20. The molecule has 302 valence electrons. The van der Waals surface area contributed by atoms with Gasteiger partial charge >= 0.3 is 12.1 Å².